The number of hydrogen-bond acceptors (Lipinski definition) is 5. The number of nitrogens with zero attached hydrogens (tertiary/aromatic N) is 6. The summed E-state index contributed by atoms with van der Waals surface area (Å²) in [6, 6.07) is 15.7. The third kappa shape index (κ3) is 3.77. The topological polar surface area (TPSA) is 78.1 Å². The van der Waals surface area contributed by atoms with Gasteiger partial charge in [0.15, 0.2) is 0 Å². The van der Waals surface area contributed by atoms with Crippen molar-refractivity contribution in [2.75, 3.05) is 31.1 Å². The molecule has 0 saturated carbocycles. The van der Waals surface area contributed by atoms with E-state index in [0.29, 0.717) is 44.0 Å². The molecule has 1 fully saturated rings. The lowest BCUT2D eigenvalue weighted by Crippen LogP contribution is -2.49. The highest BCUT2D eigenvalue weighted by Crippen LogP contribution is 2.21. The summed E-state index contributed by atoms with van der Waals surface area (Å²) in [5.41, 5.74) is 4.43. The molecule has 3 heterocycles. The molecule has 0 bridgehead atoms. The second-order valence-corrected chi connectivity index (χ2v) is 7.43. The zero-order chi connectivity index (χ0) is 21.1. The Balaban J connectivity index is 1.44. The maximum Gasteiger partial charge on any atom is 0.227 e. The molecule has 0 radical (unpaired) electrons. The predicted molar refractivity (Wildman–Crippen MR) is 114 cm³/mol. The van der Waals surface area contributed by atoms with Gasteiger partial charge in [0.2, 0.25) is 5.91 Å². The van der Waals surface area contributed by atoms with Crippen LogP contribution in [-0.4, -0.2) is 51.8 Å². The molecule has 3 aromatic rings. The van der Waals surface area contributed by atoms with Crippen LogP contribution in [0.25, 0.3) is 5.69 Å². The SMILES string of the molecule is Cc1nn(-c2ccccc2)c(C)c1CC(=O)N1CCN(c2ncccc2C#N)CC1. The number of hydrogen-bond donors (Lipinski definition) is 0. The highest BCUT2D eigenvalue weighted by molar-refractivity contribution is 5.79. The molecular weight excluding hydrogens is 376 g/mol. The number of anilines is 1. The van der Waals surface area contributed by atoms with E-state index in [0.717, 1.165) is 22.6 Å². The molecule has 2 aromatic heterocycles. The summed E-state index contributed by atoms with van der Waals surface area (Å²) in [6.45, 7) is 6.53. The van der Waals surface area contributed by atoms with Crippen LogP contribution in [0.5, 0.6) is 0 Å². The first-order valence-corrected chi connectivity index (χ1v) is 10.1. The minimum absolute atomic E-state index is 0.106. The molecule has 1 aromatic carbocycles. The van der Waals surface area contributed by atoms with Gasteiger partial charge in [0.1, 0.15) is 11.9 Å². The lowest BCUT2D eigenvalue weighted by molar-refractivity contribution is -0.130. The van der Waals surface area contributed by atoms with Crippen molar-refractivity contribution in [1.82, 2.24) is 19.7 Å². The summed E-state index contributed by atoms with van der Waals surface area (Å²) in [5, 5.41) is 13.9. The highest BCUT2D eigenvalue weighted by atomic mass is 16.2. The summed E-state index contributed by atoms with van der Waals surface area (Å²) in [4.78, 5) is 21.3. The molecule has 1 aliphatic heterocycles. The third-order valence-corrected chi connectivity index (χ3v) is 5.61. The maximum absolute atomic E-state index is 13.0. The third-order valence-electron chi connectivity index (χ3n) is 5.61. The molecule has 0 spiro atoms. The minimum atomic E-state index is 0.106. The quantitative estimate of drug-likeness (QED) is 0.673. The average Bonchev–Trinajstić information content (AvgIpc) is 3.08. The smallest absolute Gasteiger partial charge is 0.227 e. The number of amides is 1. The van der Waals surface area contributed by atoms with Crippen molar-refractivity contribution in [3.8, 4) is 11.8 Å². The van der Waals surface area contributed by atoms with Gasteiger partial charge < -0.3 is 9.80 Å². The Hall–Kier alpha value is -3.66. The first kappa shape index (κ1) is 19.6. The van der Waals surface area contributed by atoms with Crippen LogP contribution in [0, 0.1) is 25.2 Å². The number of rotatable bonds is 4. The lowest BCUT2D eigenvalue weighted by Gasteiger charge is -2.35. The zero-order valence-electron chi connectivity index (χ0n) is 17.2. The van der Waals surface area contributed by atoms with Gasteiger partial charge in [0.05, 0.1) is 23.4 Å². The van der Waals surface area contributed by atoms with E-state index in [4.69, 9.17) is 0 Å². The molecule has 0 N–H and O–H groups in total. The van der Waals surface area contributed by atoms with Crippen LogP contribution < -0.4 is 4.90 Å². The molecule has 1 amide bonds. The summed E-state index contributed by atoms with van der Waals surface area (Å²) in [6.07, 6.45) is 2.04. The monoisotopic (exact) mass is 400 g/mol. The zero-order valence-corrected chi connectivity index (χ0v) is 17.2. The molecular formula is C23H24N6O. The van der Waals surface area contributed by atoms with Crippen molar-refractivity contribution in [3.05, 3.63) is 71.2 Å². The van der Waals surface area contributed by atoms with Crippen molar-refractivity contribution >= 4 is 11.7 Å². The van der Waals surface area contributed by atoms with E-state index in [1.54, 1.807) is 18.3 Å². The summed E-state index contributed by atoms with van der Waals surface area (Å²) >= 11 is 0. The van der Waals surface area contributed by atoms with Gasteiger partial charge in [-0.1, -0.05) is 18.2 Å². The standard InChI is InChI=1S/C23H24N6O/c1-17-21(18(2)29(26-17)20-8-4-3-5-9-20)15-22(30)27-11-13-28(14-12-27)23-19(16-24)7-6-10-25-23/h3-10H,11-15H2,1-2H3. The van der Waals surface area contributed by atoms with Gasteiger partial charge >= 0.3 is 0 Å². The Morgan fingerprint density at radius 1 is 1.07 bits per heavy atom. The number of aromatic nitrogens is 3. The molecule has 30 heavy (non-hydrogen) atoms. The molecule has 1 aliphatic rings. The number of carbonyl (C=O) groups is 1. The number of nitriles is 1. The van der Waals surface area contributed by atoms with Gasteiger partial charge in [-0.05, 0) is 38.1 Å². The van der Waals surface area contributed by atoms with Crippen LogP contribution in [0.1, 0.15) is 22.5 Å². The first-order chi connectivity index (χ1) is 14.6. The van der Waals surface area contributed by atoms with Gasteiger partial charge in [-0.15, -0.1) is 0 Å². The van der Waals surface area contributed by atoms with Crippen LogP contribution in [0.2, 0.25) is 0 Å². The van der Waals surface area contributed by atoms with Gasteiger partial charge in [-0.25, -0.2) is 9.67 Å². The Bertz CT molecular complexity index is 1090. The fraction of sp³-hybridized carbons (Fsp3) is 0.304. The number of piperazine rings is 1. The molecule has 0 aliphatic carbocycles. The number of pyridine rings is 1. The maximum atomic E-state index is 13.0. The second-order valence-electron chi connectivity index (χ2n) is 7.43. The molecule has 152 valence electrons. The molecule has 7 heteroatoms. The minimum Gasteiger partial charge on any atom is -0.352 e. The van der Waals surface area contributed by atoms with Gasteiger partial charge in [0, 0.05) is 43.6 Å². The normalized spacial score (nSPS) is 13.9. The Kier molecular flexibility index (Phi) is 5.48. The number of aryl methyl sites for hydroxylation is 1. The van der Waals surface area contributed by atoms with Crippen molar-refractivity contribution in [2.24, 2.45) is 0 Å². The average molecular weight is 400 g/mol. The largest absolute Gasteiger partial charge is 0.352 e. The van der Waals surface area contributed by atoms with Crippen LogP contribution >= 0.6 is 0 Å². The molecule has 1 saturated heterocycles. The van der Waals surface area contributed by atoms with Gasteiger partial charge in [0.25, 0.3) is 0 Å². The molecule has 4 rings (SSSR count). The molecule has 7 nitrogen and oxygen atoms in total. The van der Waals surface area contributed by atoms with E-state index in [1.807, 2.05) is 53.8 Å². The van der Waals surface area contributed by atoms with E-state index < -0.39 is 0 Å². The Morgan fingerprint density at radius 3 is 2.50 bits per heavy atom. The number of carbonyl (C=O) groups excluding carboxylic acids is 1. The Labute approximate surface area is 176 Å². The fourth-order valence-corrected chi connectivity index (χ4v) is 3.92. The highest BCUT2D eigenvalue weighted by Gasteiger charge is 2.25. The second kappa shape index (κ2) is 8.37. The van der Waals surface area contributed by atoms with E-state index in [-0.39, 0.29) is 5.91 Å². The first-order valence-electron chi connectivity index (χ1n) is 10.1. The van der Waals surface area contributed by atoms with E-state index in [1.165, 1.54) is 0 Å². The van der Waals surface area contributed by atoms with E-state index >= 15 is 0 Å². The van der Waals surface area contributed by atoms with E-state index in [9.17, 15) is 10.1 Å². The summed E-state index contributed by atoms with van der Waals surface area (Å²) in [7, 11) is 0. The number of para-hydroxylation sites is 1. The van der Waals surface area contributed by atoms with Crippen LogP contribution in [-0.2, 0) is 11.2 Å². The van der Waals surface area contributed by atoms with Gasteiger partial charge in [-0.3, -0.25) is 4.79 Å². The Morgan fingerprint density at radius 2 is 1.80 bits per heavy atom. The van der Waals surface area contributed by atoms with Crippen LogP contribution in [0.15, 0.2) is 48.7 Å². The predicted octanol–water partition coefficient (Wildman–Crippen LogP) is 2.65. The lowest BCUT2D eigenvalue weighted by atomic mass is 10.1. The number of benzene rings is 1. The van der Waals surface area contributed by atoms with E-state index in [2.05, 4.69) is 21.1 Å². The van der Waals surface area contributed by atoms with Crippen molar-refractivity contribution in [2.45, 2.75) is 20.3 Å². The summed E-state index contributed by atoms with van der Waals surface area (Å²) in [5.74, 6) is 0.804. The van der Waals surface area contributed by atoms with Crippen molar-refractivity contribution in [3.63, 3.8) is 0 Å². The fourth-order valence-electron chi connectivity index (χ4n) is 3.92. The van der Waals surface area contributed by atoms with Crippen LogP contribution in [0.4, 0.5) is 5.82 Å². The molecule has 0 atom stereocenters. The van der Waals surface area contributed by atoms with Crippen molar-refractivity contribution < 1.29 is 4.79 Å². The van der Waals surface area contributed by atoms with Crippen molar-refractivity contribution in [1.29, 1.82) is 5.26 Å². The van der Waals surface area contributed by atoms with Gasteiger partial charge in [-0.2, -0.15) is 10.4 Å². The van der Waals surface area contributed by atoms with Crippen LogP contribution in [0.3, 0.4) is 0 Å². The molecule has 0 unspecified atom stereocenters. The summed E-state index contributed by atoms with van der Waals surface area (Å²) < 4.78 is 1.90.